The standard InChI is InChI=1S/C15H18N2O3S/c1-10-11(17-15(20-10)12-5-4-8-19-12)9-21-13-6-2-3-7-16-14(13)18/h4-5,8,13H,2-3,6-7,9H2,1H3,(H,16,18)/t13-/m0/s1. The van der Waals surface area contributed by atoms with Crippen molar-refractivity contribution in [2.45, 2.75) is 37.2 Å². The Morgan fingerprint density at radius 2 is 2.38 bits per heavy atom. The Balaban J connectivity index is 1.66. The van der Waals surface area contributed by atoms with Crippen molar-refractivity contribution in [3.8, 4) is 11.7 Å². The number of carbonyl (C=O) groups excluding carboxylic acids is 1. The van der Waals surface area contributed by atoms with Gasteiger partial charge in [0.2, 0.25) is 5.91 Å². The number of thioether (sulfide) groups is 1. The van der Waals surface area contributed by atoms with Crippen molar-refractivity contribution >= 4 is 17.7 Å². The molecule has 0 saturated carbocycles. The maximum absolute atomic E-state index is 11.9. The Kier molecular flexibility index (Phi) is 4.34. The molecule has 1 aliphatic heterocycles. The molecule has 3 heterocycles. The number of aryl methyl sites for hydroxylation is 1. The molecule has 3 rings (SSSR count). The molecule has 0 unspecified atom stereocenters. The average molecular weight is 306 g/mol. The topological polar surface area (TPSA) is 68.3 Å². The van der Waals surface area contributed by atoms with Crippen LogP contribution in [0.1, 0.15) is 30.7 Å². The molecule has 5 nitrogen and oxygen atoms in total. The fourth-order valence-electron chi connectivity index (χ4n) is 2.32. The van der Waals surface area contributed by atoms with Gasteiger partial charge in [0.15, 0.2) is 5.76 Å². The van der Waals surface area contributed by atoms with Crippen molar-refractivity contribution in [2.75, 3.05) is 6.54 Å². The molecule has 1 aliphatic rings. The number of hydrogen-bond acceptors (Lipinski definition) is 5. The van der Waals surface area contributed by atoms with E-state index in [9.17, 15) is 4.79 Å². The molecule has 112 valence electrons. The van der Waals surface area contributed by atoms with Crippen molar-refractivity contribution in [1.82, 2.24) is 10.3 Å². The molecular weight excluding hydrogens is 288 g/mol. The molecular formula is C15H18N2O3S. The molecule has 0 aromatic carbocycles. The van der Waals surface area contributed by atoms with Gasteiger partial charge in [0.1, 0.15) is 5.76 Å². The predicted octanol–water partition coefficient (Wildman–Crippen LogP) is 3.14. The summed E-state index contributed by atoms with van der Waals surface area (Å²) in [4.78, 5) is 16.4. The van der Waals surface area contributed by atoms with Crippen LogP contribution in [0.3, 0.4) is 0 Å². The van der Waals surface area contributed by atoms with Crippen LogP contribution in [0.15, 0.2) is 27.2 Å². The lowest BCUT2D eigenvalue weighted by Gasteiger charge is -2.11. The van der Waals surface area contributed by atoms with Crippen LogP contribution in [-0.2, 0) is 10.5 Å². The molecule has 1 N–H and O–H groups in total. The highest BCUT2D eigenvalue weighted by Gasteiger charge is 2.22. The van der Waals surface area contributed by atoms with Gasteiger partial charge in [-0.05, 0) is 31.9 Å². The second-order valence-corrected chi connectivity index (χ2v) is 6.28. The third-order valence-electron chi connectivity index (χ3n) is 3.53. The van der Waals surface area contributed by atoms with Crippen LogP contribution < -0.4 is 5.32 Å². The highest BCUT2D eigenvalue weighted by Crippen LogP contribution is 2.28. The van der Waals surface area contributed by atoms with Crippen LogP contribution in [0.25, 0.3) is 11.7 Å². The highest BCUT2D eigenvalue weighted by molar-refractivity contribution is 7.99. The average Bonchev–Trinajstić information content (AvgIpc) is 3.07. The van der Waals surface area contributed by atoms with E-state index in [4.69, 9.17) is 8.83 Å². The van der Waals surface area contributed by atoms with Crippen LogP contribution in [0.4, 0.5) is 0 Å². The number of rotatable bonds is 4. The number of hydrogen-bond donors (Lipinski definition) is 1. The smallest absolute Gasteiger partial charge is 0.263 e. The molecule has 0 aliphatic carbocycles. The highest BCUT2D eigenvalue weighted by atomic mass is 32.2. The van der Waals surface area contributed by atoms with E-state index in [2.05, 4.69) is 10.3 Å². The Labute approximate surface area is 127 Å². The molecule has 2 aromatic rings. The van der Waals surface area contributed by atoms with Gasteiger partial charge in [0.25, 0.3) is 5.89 Å². The minimum atomic E-state index is 0.00987. The summed E-state index contributed by atoms with van der Waals surface area (Å²) in [5.41, 5.74) is 0.878. The number of carbonyl (C=O) groups is 1. The summed E-state index contributed by atoms with van der Waals surface area (Å²) >= 11 is 1.63. The Hall–Kier alpha value is -1.69. The maximum Gasteiger partial charge on any atom is 0.263 e. The van der Waals surface area contributed by atoms with E-state index >= 15 is 0 Å². The minimum Gasteiger partial charge on any atom is -0.459 e. The minimum absolute atomic E-state index is 0.00987. The number of nitrogens with one attached hydrogen (secondary N) is 1. The predicted molar refractivity (Wildman–Crippen MR) is 80.9 cm³/mol. The molecule has 0 bridgehead atoms. The van der Waals surface area contributed by atoms with Gasteiger partial charge < -0.3 is 14.2 Å². The number of oxazole rings is 1. The van der Waals surface area contributed by atoms with Crippen molar-refractivity contribution in [3.05, 3.63) is 29.9 Å². The maximum atomic E-state index is 11.9. The molecule has 1 atom stereocenters. The van der Waals surface area contributed by atoms with Crippen LogP contribution in [0.2, 0.25) is 0 Å². The zero-order valence-corrected chi connectivity index (χ0v) is 12.7. The molecule has 0 radical (unpaired) electrons. The molecule has 2 aromatic heterocycles. The van der Waals surface area contributed by atoms with E-state index in [0.29, 0.717) is 17.4 Å². The first-order valence-electron chi connectivity index (χ1n) is 7.13. The molecule has 1 fully saturated rings. The fraction of sp³-hybridized carbons (Fsp3) is 0.467. The second-order valence-electron chi connectivity index (χ2n) is 5.09. The van der Waals surface area contributed by atoms with E-state index in [0.717, 1.165) is 37.3 Å². The van der Waals surface area contributed by atoms with Gasteiger partial charge in [0, 0.05) is 12.3 Å². The van der Waals surface area contributed by atoms with Crippen LogP contribution in [0, 0.1) is 6.92 Å². The largest absolute Gasteiger partial charge is 0.459 e. The summed E-state index contributed by atoms with van der Waals surface area (Å²) in [6.45, 7) is 2.68. The van der Waals surface area contributed by atoms with Crippen molar-refractivity contribution in [1.29, 1.82) is 0 Å². The molecule has 1 amide bonds. The van der Waals surface area contributed by atoms with E-state index < -0.39 is 0 Å². The van der Waals surface area contributed by atoms with E-state index in [1.807, 2.05) is 13.0 Å². The molecule has 0 spiro atoms. The molecule has 1 saturated heterocycles. The number of amides is 1. The molecule has 21 heavy (non-hydrogen) atoms. The van der Waals surface area contributed by atoms with E-state index in [-0.39, 0.29) is 11.2 Å². The fourth-order valence-corrected chi connectivity index (χ4v) is 3.51. The number of nitrogens with zero attached hydrogens (tertiary/aromatic N) is 1. The first kappa shape index (κ1) is 14.3. The van der Waals surface area contributed by atoms with Gasteiger partial charge in [-0.15, -0.1) is 11.8 Å². The summed E-state index contributed by atoms with van der Waals surface area (Å²) in [5.74, 6) is 2.72. The Morgan fingerprint density at radius 1 is 1.48 bits per heavy atom. The van der Waals surface area contributed by atoms with E-state index in [1.165, 1.54) is 0 Å². The second kappa shape index (κ2) is 6.39. The monoisotopic (exact) mass is 306 g/mol. The van der Waals surface area contributed by atoms with Gasteiger partial charge >= 0.3 is 0 Å². The number of aromatic nitrogens is 1. The Bertz CT molecular complexity index is 606. The summed E-state index contributed by atoms with van der Waals surface area (Å²) in [5, 5.41) is 2.96. The van der Waals surface area contributed by atoms with Gasteiger partial charge in [-0.3, -0.25) is 4.79 Å². The Morgan fingerprint density at radius 3 is 3.19 bits per heavy atom. The van der Waals surface area contributed by atoms with Gasteiger partial charge in [0.05, 0.1) is 17.2 Å². The van der Waals surface area contributed by atoms with Gasteiger partial charge in [-0.25, -0.2) is 4.98 Å². The third kappa shape index (κ3) is 3.32. The van der Waals surface area contributed by atoms with Crippen molar-refractivity contribution in [3.63, 3.8) is 0 Å². The van der Waals surface area contributed by atoms with Crippen molar-refractivity contribution < 1.29 is 13.6 Å². The summed E-state index contributed by atoms with van der Waals surface area (Å²) in [6.07, 6.45) is 4.68. The first-order valence-corrected chi connectivity index (χ1v) is 8.18. The molecule has 6 heteroatoms. The summed E-state index contributed by atoms with van der Waals surface area (Å²) in [6, 6.07) is 3.63. The van der Waals surface area contributed by atoms with Crippen LogP contribution >= 0.6 is 11.8 Å². The third-order valence-corrected chi connectivity index (χ3v) is 4.82. The lowest BCUT2D eigenvalue weighted by Crippen LogP contribution is -2.30. The summed E-state index contributed by atoms with van der Waals surface area (Å²) in [7, 11) is 0. The van der Waals surface area contributed by atoms with Crippen LogP contribution in [-0.4, -0.2) is 22.7 Å². The normalized spacial score (nSPS) is 19.3. The first-order chi connectivity index (χ1) is 10.2. The van der Waals surface area contributed by atoms with Gasteiger partial charge in [-0.2, -0.15) is 0 Å². The SMILES string of the molecule is Cc1oc(-c2ccco2)nc1CS[C@H]1CCCCNC1=O. The lowest BCUT2D eigenvalue weighted by molar-refractivity contribution is -0.120. The number of furan rings is 1. The van der Waals surface area contributed by atoms with Gasteiger partial charge in [-0.1, -0.05) is 6.42 Å². The van der Waals surface area contributed by atoms with E-state index in [1.54, 1.807) is 24.1 Å². The van der Waals surface area contributed by atoms with Crippen molar-refractivity contribution in [2.24, 2.45) is 0 Å². The van der Waals surface area contributed by atoms with Crippen LogP contribution in [0.5, 0.6) is 0 Å². The summed E-state index contributed by atoms with van der Waals surface area (Å²) < 4.78 is 10.9. The zero-order valence-electron chi connectivity index (χ0n) is 11.9. The zero-order chi connectivity index (χ0) is 14.7. The lowest BCUT2D eigenvalue weighted by atomic mass is 10.2. The quantitative estimate of drug-likeness (QED) is 0.939.